The van der Waals surface area contributed by atoms with Crippen molar-refractivity contribution in [3.8, 4) is 11.1 Å². The van der Waals surface area contributed by atoms with E-state index in [1.807, 2.05) is 69.3 Å². The maximum absolute atomic E-state index is 14.4. The van der Waals surface area contributed by atoms with Crippen molar-refractivity contribution in [2.24, 2.45) is 52.3 Å². The predicted molar refractivity (Wildman–Crippen MR) is 275 cm³/mol. The highest BCUT2D eigenvalue weighted by Crippen LogP contribution is 2.68. The summed E-state index contributed by atoms with van der Waals surface area (Å²) in [7, 11) is 0. The van der Waals surface area contributed by atoms with Crippen LogP contribution in [0.1, 0.15) is 190 Å². The van der Waals surface area contributed by atoms with E-state index in [-0.39, 0.29) is 35.4 Å². The third kappa shape index (κ3) is 12.9. The van der Waals surface area contributed by atoms with Crippen LogP contribution in [0.15, 0.2) is 48.5 Å². The Morgan fingerprint density at radius 2 is 1.21 bits per heavy atom. The highest BCUT2D eigenvalue weighted by Gasteiger charge is 2.61. The summed E-state index contributed by atoms with van der Waals surface area (Å²) in [5.74, 6) is -0.952. The molecule has 0 aromatic heterocycles. The molecule has 2 aromatic carbocycles. The second-order valence-corrected chi connectivity index (χ2v) is 25.8. The lowest BCUT2D eigenvalue weighted by molar-refractivity contribution is -0.172. The maximum Gasteiger partial charge on any atom is 0.407 e. The molecule has 2 aromatic rings. The molecule has 396 valence electrons. The van der Waals surface area contributed by atoms with E-state index in [4.69, 9.17) is 23.7 Å². The molecular formula is C60H85NO11. The lowest BCUT2D eigenvalue weighted by atomic mass is 9.44. The van der Waals surface area contributed by atoms with Crippen LogP contribution >= 0.6 is 0 Å². The number of hydrogen-bond donors (Lipinski definition) is 1. The van der Waals surface area contributed by atoms with E-state index in [1.165, 1.54) is 25.7 Å². The van der Waals surface area contributed by atoms with Crippen molar-refractivity contribution in [3.05, 3.63) is 59.7 Å². The highest BCUT2D eigenvalue weighted by molar-refractivity contribution is 5.94. The summed E-state index contributed by atoms with van der Waals surface area (Å²) < 4.78 is 29.0. The van der Waals surface area contributed by atoms with Crippen LogP contribution in [0.25, 0.3) is 11.1 Å². The van der Waals surface area contributed by atoms with Crippen LogP contribution in [0.5, 0.6) is 0 Å². The van der Waals surface area contributed by atoms with Gasteiger partial charge in [0.2, 0.25) is 0 Å². The van der Waals surface area contributed by atoms with E-state index in [0.717, 1.165) is 54.4 Å². The Balaban J connectivity index is 1.00. The van der Waals surface area contributed by atoms with Gasteiger partial charge in [-0.2, -0.15) is 0 Å². The minimum atomic E-state index is -1.41. The highest BCUT2D eigenvalue weighted by atomic mass is 16.6. The van der Waals surface area contributed by atoms with Crippen molar-refractivity contribution >= 4 is 35.8 Å². The second-order valence-electron chi connectivity index (χ2n) is 25.8. The summed E-state index contributed by atoms with van der Waals surface area (Å²) in [6, 6.07) is 14.5. The monoisotopic (exact) mass is 996 g/mol. The van der Waals surface area contributed by atoms with E-state index >= 15 is 0 Å². The number of benzene rings is 2. The molecule has 4 fully saturated rings. The number of ether oxygens (including phenoxy) is 5. The number of esters is 4. The van der Waals surface area contributed by atoms with Gasteiger partial charge in [0.05, 0.1) is 18.8 Å². The normalized spacial score (nSPS) is 28.1. The molecule has 1 amide bonds. The predicted octanol–water partition coefficient (Wildman–Crippen LogP) is 12.3. The topological polar surface area (TPSA) is 161 Å². The molecule has 7 rings (SSSR count). The molecule has 2 unspecified atom stereocenters. The van der Waals surface area contributed by atoms with Gasteiger partial charge in [-0.1, -0.05) is 69.3 Å². The largest absolute Gasteiger partial charge is 0.462 e. The zero-order chi connectivity index (χ0) is 52.6. The first-order chi connectivity index (χ1) is 33.6. The lowest BCUT2D eigenvalue weighted by Crippen LogP contribution is -2.54. The SMILES string of the molecule is C[C@H](CCC(=O)OC(C)(C)C)C1CC[C@H]2[C@@H]3CC[C@@H]4C[C@@H](OC(=O)[C@H](CC(=O)OC(C)(C)C)CC(=O)C(CC(=O)OC(C)(C)C)NC(=O)OCC5c6ccccc6-c6ccccc65)CC[C@]4(C)[C@H]3CC[C@]12C. The standard InChI is InChI=1S/C60H85NO11/c1-36(21-26-51(63)70-56(2,3)4)46-24-25-47-44-23-22-38-33-39(27-29-59(38,11)48(44)28-30-60(46,47)12)69-54(66)37(32-52(64)71-57(5,6)7)31-50(62)49(34-53(65)72-58(8,9)10)61-55(67)68-35-45-42-19-15-13-17-40(42)41-18-14-16-20-43(41)45/h13-20,36-39,44-49H,21-35H2,1-12H3,(H,61,67)/t36-,37+,38-,39+,44+,46?,47+,48+,49?,59+,60-/m1/s1. The van der Waals surface area contributed by atoms with Gasteiger partial charge in [-0.3, -0.25) is 24.0 Å². The third-order valence-corrected chi connectivity index (χ3v) is 17.3. The Morgan fingerprint density at radius 1 is 0.653 bits per heavy atom. The molecule has 12 heteroatoms. The van der Waals surface area contributed by atoms with Crippen LogP contribution in [0.2, 0.25) is 0 Å². The fourth-order valence-corrected chi connectivity index (χ4v) is 14.3. The minimum Gasteiger partial charge on any atom is -0.462 e. The van der Waals surface area contributed by atoms with Crippen LogP contribution < -0.4 is 5.32 Å². The molecule has 5 aliphatic rings. The summed E-state index contributed by atoms with van der Waals surface area (Å²) in [6.07, 6.45) is 7.98. The zero-order valence-electron chi connectivity index (χ0n) is 45.5. The van der Waals surface area contributed by atoms with E-state index in [0.29, 0.717) is 48.3 Å². The Labute approximate surface area is 429 Å². The van der Waals surface area contributed by atoms with Gasteiger partial charge in [0.1, 0.15) is 35.6 Å². The number of hydrogen-bond acceptors (Lipinski definition) is 11. The van der Waals surface area contributed by atoms with Gasteiger partial charge in [0, 0.05) is 18.8 Å². The summed E-state index contributed by atoms with van der Waals surface area (Å²) >= 11 is 0. The number of Topliss-reactive ketones (excluding diaryl/α,β-unsaturated/α-hetero) is 1. The van der Waals surface area contributed by atoms with Crippen LogP contribution in [-0.2, 0) is 47.7 Å². The second kappa shape index (κ2) is 21.6. The summed E-state index contributed by atoms with van der Waals surface area (Å²) in [4.78, 5) is 81.8. The van der Waals surface area contributed by atoms with Crippen LogP contribution in [0.4, 0.5) is 4.79 Å². The van der Waals surface area contributed by atoms with Gasteiger partial charge in [-0.05, 0) is 195 Å². The number of alkyl carbamates (subject to hydrolysis) is 1. The van der Waals surface area contributed by atoms with Crippen molar-refractivity contribution < 1.29 is 52.5 Å². The fourth-order valence-electron chi connectivity index (χ4n) is 14.3. The van der Waals surface area contributed by atoms with Crippen LogP contribution in [0, 0.1) is 52.3 Å². The van der Waals surface area contributed by atoms with Crippen LogP contribution in [0.3, 0.4) is 0 Å². The average Bonchev–Trinajstić information content (AvgIpc) is 3.80. The summed E-state index contributed by atoms with van der Waals surface area (Å²) in [5.41, 5.74) is 2.34. The van der Waals surface area contributed by atoms with Gasteiger partial charge in [-0.15, -0.1) is 0 Å². The Kier molecular flexibility index (Phi) is 16.5. The molecule has 5 aliphatic carbocycles. The molecule has 0 heterocycles. The van der Waals surface area contributed by atoms with Crippen molar-refractivity contribution in [2.75, 3.05) is 6.61 Å². The molecule has 0 saturated heterocycles. The molecule has 1 N–H and O–H groups in total. The van der Waals surface area contributed by atoms with Crippen molar-refractivity contribution in [2.45, 2.75) is 208 Å². The average molecular weight is 996 g/mol. The molecule has 0 aliphatic heterocycles. The van der Waals surface area contributed by atoms with Gasteiger partial charge >= 0.3 is 30.0 Å². The molecule has 12 nitrogen and oxygen atoms in total. The number of ketones is 1. The minimum absolute atomic E-state index is 0.0118. The first-order valence-corrected chi connectivity index (χ1v) is 27.1. The number of carbonyl (C=O) groups excluding carboxylic acids is 6. The quantitative estimate of drug-likeness (QED) is 0.126. The number of amides is 1. The molecule has 0 bridgehead atoms. The first kappa shape index (κ1) is 55.0. The Morgan fingerprint density at radius 3 is 1.82 bits per heavy atom. The molecule has 0 radical (unpaired) electrons. The molecule has 4 saturated carbocycles. The van der Waals surface area contributed by atoms with Gasteiger partial charge in [-0.25, -0.2) is 4.79 Å². The van der Waals surface area contributed by atoms with E-state index in [2.05, 4.69) is 26.1 Å². The molecule has 11 atom stereocenters. The van der Waals surface area contributed by atoms with E-state index in [9.17, 15) is 28.8 Å². The molecule has 0 spiro atoms. The van der Waals surface area contributed by atoms with Crippen molar-refractivity contribution in [1.29, 1.82) is 0 Å². The van der Waals surface area contributed by atoms with Crippen molar-refractivity contribution in [1.82, 2.24) is 5.32 Å². The van der Waals surface area contributed by atoms with Crippen molar-refractivity contribution in [3.63, 3.8) is 0 Å². The summed E-state index contributed by atoms with van der Waals surface area (Å²) in [6.45, 7) is 23.4. The maximum atomic E-state index is 14.4. The van der Waals surface area contributed by atoms with Gasteiger partial charge in [0.15, 0.2) is 5.78 Å². The smallest absolute Gasteiger partial charge is 0.407 e. The summed E-state index contributed by atoms with van der Waals surface area (Å²) in [5, 5.41) is 2.62. The van der Waals surface area contributed by atoms with Gasteiger partial charge in [0.25, 0.3) is 0 Å². The molecule has 72 heavy (non-hydrogen) atoms. The molecular weight excluding hydrogens is 911 g/mol. The number of nitrogens with one attached hydrogen (secondary N) is 1. The number of rotatable bonds is 16. The van der Waals surface area contributed by atoms with E-state index < -0.39 is 77.8 Å². The Bertz CT molecular complexity index is 2270. The number of fused-ring (bicyclic) bond motifs is 8. The third-order valence-electron chi connectivity index (χ3n) is 17.3. The Hall–Kier alpha value is -4.74. The van der Waals surface area contributed by atoms with Gasteiger partial charge < -0.3 is 29.0 Å². The lowest BCUT2D eigenvalue weighted by Gasteiger charge is -2.61. The number of carbonyl (C=O) groups is 6. The fraction of sp³-hybridized carbons (Fsp3) is 0.700. The zero-order valence-corrected chi connectivity index (χ0v) is 45.5. The van der Waals surface area contributed by atoms with E-state index in [1.54, 1.807) is 41.5 Å². The first-order valence-electron chi connectivity index (χ1n) is 27.1. The van der Waals surface area contributed by atoms with Crippen LogP contribution in [-0.4, -0.2) is 71.3 Å².